The number of anilines is 1. The first kappa shape index (κ1) is 26.1. The second-order valence-corrected chi connectivity index (χ2v) is 7.81. The van der Waals surface area contributed by atoms with E-state index in [4.69, 9.17) is 5.26 Å². The number of nitriles is 1. The summed E-state index contributed by atoms with van der Waals surface area (Å²) in [6.45, 7) is 0. The number of aryl methyl sites for hydroxylation is 1. The van der Waals surface area contributed by atoms with Crippen LogP contribution in [0.3, 0.4) is 0 Å². The van der Waals surface area contributed by atoms with Crippen LogP contribution in [0.25, 0.3) is 0 Å². The van der Waals surface area contributed by atoms with Gasteiger partial charge in [0.15, 0.2) is 0 Å². The number of carbonyl (C=O) groups is 1. The van der Waals surface area contributed by atoms with Gasteiger partial charge in [0, 0.05) is 4.88 Å². The third kappa shape index (κ3) is 3.57. The Labute approximate surface area is 175 Å². The maximum absolute atomic E-state index is 13.9. The highest BCUT2D eigenvalue weighted by atomic mass is 32.1. The number of alkyl halides is 12. The van der Waals surface area contributed by atoms with Crippen LogP contribution in [0.1, 0.15) is 28.8 Å². The van der Waals surface area contributed by atoms with E-state index in [2.05, 4.69) is 0 Å². The molecule has 1 N–H and O–H groups in total. The first-order valence-electron chi connectivity index (χ1n) is 8.41. The molecule has 0 unspecified atom stereocenters. The summed E-state index contributed by atoms with van der Waals surface area (Å²) in [6, 6.07) is 1.50. The normalized spacial score (nSPS) is 16.0. The molecular formula is C16H10F12N2OS. The van der Waals surface area contributed by atoms with Crippen molar-refractivity contribution >= 4 is 22.2 Å². The van der Waals surface area contributed by atoms with Gasteiger partial charge in [0.05, 0.1) is 5.56 Å². The maximum atomic E-state index is 13.9. The van der Waals surface area contributed by atoms with Crippen molar-refractivity contribution in [1.29, 1.82) is 5.26 Å². The van der Waals surface area contributed by atoms with Crippen molar-refractivity contribution in [3.63, 3.8) is 0 Å². The molecule has 0 spiro atoms. The number of hydrogen-bond donors (Lipinski definition) is 1. The number of carbonyl (C=O) groups excluding carboxylic acids is 1. The zero-order valence-corrected chi connectivity index (χ0v) is 16.0. The largest absolute Gasteiger partial charge is 0.393 e. The molecule has 32 heavy (non-hydrogen) atoms. The van der Waals surface area contributed by atoms with Gasteiger partial charge in [-0.05, 0) is 31.2 Å². The summed E-state index contributed by atoms with van der Waals surface area (Å²) >= 11 is 0.475. The van der Waals surface area contributed by atoms with Crippen molar-refractivity contribution in [2.45, 2.75) is 61.7 Å². The topological polar surface area (TPSA) is 52.9 Å². The lowest BCUT2D eigenvalue weighted by Gasteiger charge is -2.38. The molecule has 1 amide bonds. The molecule has 1 heterocycles. The highest BCUT2D eigenvalue weighted by Crippen LogP contribution is 2.58. The zero-order valence-electron chi connectivity index (χ0n) is 15.2. The second-order valence-electron chi connectivity index (χ2n) is 6.70. The van der Waals surface area contributed by atoms with Crippen LogP contribution in [0.15, 0.2) is 0 Å². The number of halogens is 12. The predicted octanol–water partition coefficient (Wildman–Crippen LogP) is 5.88. The van der Waals surface area contributed by atoms with Crippen LogP contribution in [0.2, 0.25) is 0 Å². The molecule has 0 aromatic carbocycles. The summed E-state index contributed by atoms with van der Waals surface area (Å²) in [7, 11) is 0. The van der Waals surface area contributed by atoms with E-state index in [-0.39, 0.29) is 12.0 Å². The fraction of sp³-hybridized carbons (Fsp3) is 0.625. The number of amides is 1. The number of hydrogen-bond acceptors (Lipinski definition) is 3. The average molecular weight is 506 g/mol. The van der Waals surface area contributed by atoms with Gasteiger partial charge in [-0.3, -0.25) is 4.79 Å². The molecular weight excluding hydrogens is 496 g/mol. The summed E-state index contributed by atoms with van der Waals surface area (Å²) in [6.07, 6.45) is -3.95. The highest BCUT2D eigenvalue weighted by Gasteiger charge is 2.89. The molecule has 1 aliphatic rings. The van der Waals surface area contributed by atoms with Gasteiger partial charge in [0.1, 0.15) is 11.1 Å². The predicted molar refractivity (Wildman–Crippen MR) is 85.0 cm³/mol. The van der Waals surface area contributed by atoms with Gasteiger partial charge < -0.3 is 5.32 Å². The lowest BCUT2D eigenvalue weighted by Crippen LogP contribution is -2.70. The fourth-order valence-corrected chi connectivity index (χ4v) is 4.07. The van der Waals surface area contributed by atoms with Gasteiger partial charge in [-0.1, -0.05) is 0 Å². The van der Waals surface area contributed by atoms with Gasteiger partial charge >= 0.3 is 41.9 Å². The Morgan fingerprint density at radius 3 is 1.94 bits per heavy atom. The molecule has 0 fully saturated rings. The molecule has 0 aliphatic heterocycles. The van der Waals surface area contributed by atoms with Crippen molar-refractivity contribution in [2.24, 2.45) is 0 Å². The van der Waals surface area contributed by atoms with Gasteiger partial charge in [-0.2, -0.15) is 49.2 Å². The summed E-state index contributed by atoms with van der Waals surface area (Å²) in [5.41, 5.74) is -0.166. The van der Waals surface area contributed by atoms with Gasteiger partial charge in [0.2, 0.25) is 0 Å². The molecule has 0 radical (unpaired) electrons. The first-order chi connectivity index (χ1) is 14.4. The SMILES string of the molecule is N#Cc1c(NC(=O)C(F)(F)C(F)(F)C(F)(F)C(F)(F)C(F)(F)C(F)F)sc2c1CCCC2. The van der Waals surface area contributed by atoms with Crippen molar-refractivity contribution in [3.8, 4) is 6.07 Å². The number of fused-ring (bicyclic) bond motifs is 1. The van der Waals surface area contributed by atoms with Crippen LogP contribution in [-0.2, 0) is 17.6 Å². The molecule has 0 saturated heterocycles. The maximum Gasteiger partial charge on any atom is 0.393 e. The Morgan fingerprint density at radius 2 is 1.44 bits per heavy atom. The Bertz CT molecular complexity index is 934. The van der Waals surface area contributed by atoms with Gasteiger partial charge in [-0.25, -0.2) is 8.78 Å². The lowest BCUT2D eigenvalue weighted by molar-refractivity contribution is -0.406. The molecule has 1 aromatic rings. The van der Waals surface area contributed by atoms with Gasteiger partial charge in [0.25, 0.3) is 0 Å². The van der Waals surface area contributed by atoms with Crippen molar-refractivity contribution in [2.75, 3.05) is 5.32 Å². The highest BCUT2D eigenvalue weighted by molar-refractivity contribution is 7.16. The van der Waals surface area contributed by atoms with Crippen molar-refractivity contribution < 1.29 is 57.5 Å². The second kappa shape index (κ2) is 7.99. The summed E-state index contributed by atoms with van der Waals surface area (Å²) < 4.78 is 159. The van der Waals surface area contributed by atoms with Crippen LogP contribution in [-0.4, -0.2) is 41.9 Å². The van der Waals surface area contributed by atoms with E-state index in [1.807, 2.05) is 0 Å². The van der Waals surface area contributed by atoms with Crippen LogP contribution in [0.4, 0.5) is 57.7 Å². The monoisotopic (exact) mass is 506 g/mol. The third-order valence-electron chi connectivity index (χ3n) is 4.67. The molecule has 1 aromatic heterocycles. The van der Waals surface area contributed by atoms with E-state index < -0.39 is 52.5 Å². The fourth-order valence-electron chi connectivity index (χ4n) is 2.84. The number of nitrogens with one attached hydrogen (secondary N) is 1. The smallest absolute Gasteiger partial charge is 0.311 e. The minimum atomic E-state index is -7.80. The van der Waals surface area contributed by atoms with E-state index in [0.29, 0.717) is 35.5 Å². The number of rotatable bonds is 7. The average Bonchev–Trinajstić information content (AvgIpc) is 3.03. The van der Waals surface area contributed by atoms with E-state index in [1.54, 1.807) is 0 Å². The van der Waals surface area contributed by atoms with Crippen molar-refractivity contribution in [3.05, 3.63) is 16.0 Å². The standard InChI is InChI=1S/C16H10F12N2OS/c17-10(18)12(19,20)14(23,24)16(27,28)15(25,26)13(21,22)11(31)30-9-7(5-29)6-3-1-2-4-8(6)32-9/h10H,1-4H2,(H,30,31). The molecule has 1 aliphatic carbocycles. The molecule has 2 rings (SSSR count). The molecule has 0 atom stereocenters. The van der Waals surface area contributed by atoms with Crippen LogP contribution < -0.4 is 5.32 Å². The molecule has 0 saturated carbocycles. The lowest BCUT2D eigenvalue weighted by atomic mass is 9.94. The Balaban J connectivity index is 2.44. The van der Waals surface area contributed by atoms with E-state index in [1.165, 1.54) is 6.07 Å². The molecule has 0 bridgehead atoms. The van der Waals surface area contributed by atoms with E-state index >= 15 is 0 Å². The van der Waals surface area contributed by atoms with E-state index in [0.717, 1.165) is 5.32 Å². The van der Waals surface area contributed by atoms with Crippen molar-refractivity contribution in [1.82, 2.24) is 0 Å². The summed E-state index contributed by atoms with van der Waals surface area (Å²) in [5.74, 6) is -40.3. The Morgan fingerprint density at radius 1 is 0.906 bits per heavy atom. The Kier molecular flexibility index (Phi) is 6.51. The van der Waals surface area contributed by atoms with Crippen LogP contribution in [0, 0.1) is 11.3 Å². The minimum Gasteiger partial charge on any atom is -0.311 e. The minimum absolute atomic E-state index is 0.240. The molecule has 3 nitrogen and oxygen atoms in total. The number of nitrogens with zero attached hydrogens (tertiary/aromatic N) is 1. The van der Waals surface area contributed by atoms with E-state index in [9.17, 15) is 57.5 Å². The third-order valence-corrected chi connectivity index (χ3v) is 5.88. The van der Waals surface area contributed by atoms with Crippen LogP contribution >= 0.6 is 11.3 Å². The molecule has 180 valence electrons. The van der Waals surface area contributed by atoms with Gasteiger partial charge in [-0.15, -0.1) is 11.3 Å². The number of thiophene rings is 1. The quantitative estimate of drug-likeness (QED) is 0.470. The summed E-state index contributed by atoms with van der Waals surface area (Å²) in [5, 5.41) is 9.41. The zero-order chi connectivity index (χ0) is 24.9. The summed E-state index contributed by atoms with van der Waals surface area (Å²) in [4.78, 5) is 12.1. The van der Waals surface area contributed by atoms with Crippen LogP contribution in [0.5, 0.6) is 0 Å². The Hall–Kier alpha value is -2.18. The first-order valence-corrected chi connectivity index (χ1v) is 9.22. The molecule has 16 heteroatoms.